The number of nitrogens with one attached hydrogen (secondary N) is 1. The van der Waals surface area contributed by atoms with Gasteiger partial charge in [0, 0.05) is 0 Å². The fraction of sp³-hybridized carbons (Fsp3) is 0.667. The lowest BCUT2D eigenvalue weighted by Gasteiger charge is -2.07. The molecule has 0 saturated carbocycles. The lowest BCUT2D eigenvalue weighted by atomic mass is 10.3. The number of hydrogen-bond acceptors (Lipinski definition) is 3. The molecular formula is C6H10N2O2. The van der Waals surface area contributed by atoms with Crippen LogP contribution in [0.2, 0.25) is 0 Å². The Morgan fingerprint density at radius 1 is 1.90 bits per heavy atom. The number of carbonyl (C=O) groups is 1. The van der Waals surface area contributed by atoms with E-state index in [1.165, 1.54) is 6.19 Å². The molecule has 0 bridgehead atoms. The Labute approximate surface area is 59.8 Å². The molecule has 0 spiro atoms. The minimum absolute atomic E-state index is 0.131. The molecule has 56 valence electrons. The summed E-state index contributed by atoms with van der Waals surface area (Å²) in [5.41, 5.74) is 0. The summed E-state index contributed by atoms with van der Waals surface area (Å²) < 4.78 is 4.67. The molecule has 4 nitrogen and oxygen atoms in total. The number of carbonyl (C=O) groups excluding carboxylic acids is 1. The van der Waals surface area contributed by atoms with E-state index < -0.39 is 6.09 Å². The summed E-state index contributed by atoms with van der Waals surface area (Å²) in [6.45, 7) is 3.65. The highest BCUT2D eigenvalue weighted by molar-refractivity contribution is 5.68. The van der Waals surface area contributed by atoms with Crippen molar-refractivity contribution >= 4 is 6.09 Å². The normalized spacial score (nSPS) is 11.3. The van der Waals surface area contributed by atoms with Gasteiger partial charge in [-0.1, -0.05) is 6.92 Å². The number of nitriles is 1. The number of alkyl carbamates (subject to hydrolysis) is 1. The fourth-order valence-corrected chi connectivity index (χ4v) is 0.341. The van der Waals surface area contributed by atoms with Crippen LogP contribution in [0.3, 0.4) is 0 Å². The molecule has 10 heavy (non-hydrogen) atoms. The molecule has 0 aliphatic heterocycles. The van der Waals surface area contributed by atoms with Crippen molar-refractivity contribution in [2.75, 3.05) is 0 Å². The molecule has 4 heteroatoms. The lowest BCUT2D eigenvalue weighted by molar-refractivity contribution is 0.109. The van der Waals surface area contributed by atoms with Gasteiger partial charge in [-0.2, -0.15) is 5.26 Å². The van der Waals surface area contributed by atoms with Gasteiger partial charge in [0.05, 0.1) is 0 Å². The van der Waals surface area contributed by atoms with Crippen molar-refractivity contribution in [3.63, 3.8) is 0 Å². The second-order valence-electron chi connectivity index (χ2n) is 1.86. The number of nitrogens with zero attached hydrogens (tertiary/aromatic N) is 1. The van der Waals surface area contributed by atoms with Crippen LogP contribution in [0.25, 0.3) is 0 Å². The molecule has 1 N–H and O–H groups in total. The number of rotatable bonds is 2. The van der Waals surface area contributed by atoms with Crippen LogP contribution < -0.4 is 5.32 Å². The number of amides is 1. The van der Waals surface area contributed by atoms with E-state index in [0.717, 1.165) is 6.42 Å². The third-order valence-electron chi connectivity index (χ3n) is 1.04. The smallest absolute Gasteiger partial charge is 0.420 e. The monoisotopic (exact) mass is 142 g/mol. The largest absolute Gasteiger partial charge is 0.446 e. The molecule has 0 radical (unpaired) electrons. The molecule has 0 aliphatic carbocycles. The highest BCUT2D eigenvalue weighted by Gasteiger charge is 2.04. The summed E-state index contributed by atoms with van der Waals surface area (Å²) in [4.78, 5) is 10.5. The maximum absolute atomic E-state index is 10.5. The summed E-state index contributed by atoms with van der Waals surface area (Å²) in [6, 6.07) is 0. The van der Waals surface area contributed by atoms with Crippen LogP contribution in [0, 0.1) is 11.5 Å². The standard InChI is InChI=1S/C6H10N2O2/c1-3-5(2)10-6(9)8-4-7/h5H,3H2,1-2H3,(H,8,9). The Bertz CT molecular complexity index is 150. The van der Waals surface area contributed by atoms with Gasteiger partial charge in [0.15, 0.2) is 6.19 Å². The maximum atomic E-state index is 10.5. The van der Waals surface area contributed by atoms with E-state index in [1.54, 1.807) is 6.92 Å². The predicted molar refractivity (Wildman–Crippen MR) is 35.0 cm³/mol. The summed E-state index contributed by atoms with van der Waals surface area (Å²) >= 11 is 0. The average Bonchev–Trinajstić information content (AvgIpc) is 1.88. The first-order chi connectivity index (χ1) is 4.70. The zero-order chi connectivity index (χ0) is 7.98. The number of hydrogen-bond donors (Lipinski definition) is 1. The van der Waals surface area contributed by atoms with Gasteiger partial charge in [0.1, 0.15) is 6.10 Å². The molecule has 0 aromatic heterocycles. The fourth-order valence-electron chi connectivity index (χ4n) is 0.341. The van der Waals surface area contributed by atoms with E-state index in [9.17, 15) is 4.79 Å². The van der Waals surface area contributed by atoms with Gasteiger partial charge < -0.3 is 4.74 Å². The molecule has 1 atom stereocenters. The van der Waals surface area contributed by atoms with E-state index in [4.69, 9.17) is 5.26 Å². The van der Waals surface area contributed by atoms with Crippen molar-refractivity contribution in [1.29, 1.82) is 5.26 Å². The Balaban J connectivity index is 3.49. The summed E-state index contributed by atoms with van der Waals surface area (Å²) in [5.74, 6) is 0. The molecule has 0 aromatic carbocycles. The number of ether oxygens (including phenoxy) is 1. The van der Waals surface area contributed by atoms with E-state index in [1.807, 2.05) is 12.2 Å². The zero-order valence-corrected chi connectivity index (χ0v) is 6.05. The molecular weight excluding hydrogens is 132 g/mol. The van der Waals surface area contributed by atoms with Gasteiger partial charge in [-0.05, 0) is 13.3 Å². The van der Waals surface area contributed by atoms with Crippen molar-refractivity contribution in [1.82, 2.24) is 5.32 Å². The first-order valence-corrected chi connectivity index (χ1v) is 3.06. The highest BCUT2D eigenvalue weighted by atomic mass is 16.6. The quantitative estimate of drug-likeness (QED) is 0.462. The van der Waals surface area contributed by atoms with Crippen LogP contribution in [0.4, 0.5) is 4.79 Å². The van der Waals surface area contributed by atoms with E-state index >= 15 is 0 Å². The minimum Gasteiger partial charge on any atom is -0.446 e. The van der Waals surface area contributed by atoms with Gasteiger partial charge in [-0.3, -0.25) is 0 Å². The topological polar surface area (TPSA) is 62.1 Å². The zero-order valence-electron chi connectivity index (χ0n) is 6.05. The second kappa shape index (κ2) is 4.62. The van der Waals surface area contributed by atoms with Crippen molar-refractivity contribution in [2.24, 2.45) is 0 Å². The minimum atomic E-state index is -0.683. The molecule has 1 unspecified atom stereocenters. The summed E-state index contributed by atoms with van der Waals surface area (Å²) in [7, 11) is 0. The third-order valence-corrected chi connectivity index (χ3v) is 1.04. The first-order valence-electron chi connectivity index (χ1n) is 3.06. The Morgan fingerprint density at radius 3 is 2.90 bits per heavy atom. The molecule has 0 aliphatic rings. The molecule has 0 saturated heterocycles. The van der Waals surface area contributed by atoms with Crippen LogP contribution >= 0.6 is 0 Å². The Kier molecular flexibility index (Phi) is 4.05. The first kappa shape index (κ1) is 8.76. The average molecular weight is 142 g/mol. The van der Waals surface area contributed by atoms with Crippen LogP contribution in [-0.4, -0.2) is 12.2 Å². The van der Waals surface area contributed by atoms with Gasteiger partial charge in [-0.25, -0.2) is 10.1 Å². The Morgan fingerprint density at radius 2 is 2.50 bits per heavy atom. The van der Waals surface area contributed by atoms with Crippen LogP contribution in [0.5, 0.6) is 0 Å². The molecule has 0 aromatic rings. The van der Waals surface area contributed by atoms with E-state index in [0.29, 0.717) is 0 Å². The molecule has 0 rings (SSSR count). The highest BCUT2D eigenvalue weighted by Crippen LogP contribution is 1.94. The molecule has 0 fully saturated rings. The lowest BCUT2D eigenvalue weighted by Crippen LogP contribution is -2.23. The van der Waals surface area contributed by atoms with Gasteiger partial charge in [0.2, 0.25) is 0 Å². The van der Waals surface area contributed by atoms with Gasteiger partial charge >= 0.3 is 6.09 Å². The van der Waals surface area contributed by atoms with Crippen LogP contribution in [0.1, 0.15) is 20.3 Å². The van der Waals surface area contributed by atoms with Crippen molar-refractivity contribution in [3.05, 3.63) is 0 Å². The molecule has 0 heterocycles. The van der Waals surface area contributed by atoms with E-state index in [-0.39, 0.29) is 6.10 Å². The van der Waals surface area contributed by atoms with Crippen molar-refractivity contribution in [3.8, 4) is 6.19 Å². The van der Waals surface area contributed by atoms with E-state index in [2.05, 4.69) is 4.74 Å². The second-order valence-corrected chi connectivity index (χ2v) is 1.86. The van der Waals surface area contributed by atoms with Crippen molar-refractivity contribution < 1.29 is 9.53 Å². The van der Waals surface area contributed by atoms with Gasteiger partial charge in [0.25, 0.3) is 0 Å². The van der Waals surface area contributed by atoms with Crippen molar-refractivity contribution in [2.45, 2.75) is 26.4 Å². The SMILES string of the molecule is CCC(C)OC(=O)NC#N. The maximum Gasteiger partial charge on any atom is 0.420 e. The predicted octanol–water partition coefficient (Wildman–Crippen LogP) is 0.992. The molecule has 1 amide bonds. The van der Waals surface area contributed by atoms with Gasteiger partial charge in [-0.15, -0.1) is 0 Å². The van der Waals surface area contributed by atoms with Crippen LogP contribution in [-0.2, 0) is 4.74 Å². The van der Waals surface area contributed by atoms with Crippen LogP contribution in [0.15, 0.2) is 0 Å². The third kappa shape index (κ3) is 3.72. The summed E-state index contributed by atoms with van der Waals surface area (Å²) in [6.07, 6.45) is 1.41. The Hall–Kier alpha value is -1.24. The summed E-state index contributed by atoms with van der Waals surface area (Å²) in [5, 5.41) is 9.82.